The van der Waals surface area contributed by atoms with Crippen LogP contribution in [0.25, 0.3) is 0 Å². The Morgan fingerprint density at radius 3 is 2.00 bits per heavy atom. The molecule has 18 heavy (non-hydrogen) atoms. The number of nitrogens with one attached hydrogen (secondary N) is 1. The second-order valence-electron chi connectivity index (χ2n) is 4.40. The van der Waals surface area contributed by atoms with Gasteiger partial charge in [0.1, 0.15) is 6.04 Å². The summed E-state index contributed by atoms with van der Waals surface area (Å²) in [5.41, 5.74) is 0. The van der Waals surface area contributed by atoms with Gasteiger partial charge in [-0.15, -0.1) is 0 Å². The highest BCUT2D eigenvalue weighted by Gasteiger charge is 2.23. The Hall–Kier alpha value is -1.34. The summed E-state index contributed by atoms with van der Waals surface area (Å²) in [6, 6.07) is -1.55. The van der Waals surface area contributed by atoms with Gasteiger partial charge in [-0.05, 0) is 12.3 Å². The van der Waals surface area contributed by atoms with Crippen LogP contribution in [0.15, 0.2) is 0 Å². The van der Waals surface area contributed by atoms with Crippen LogP contribution in [0.2, 0.25) is 0 Å². The maximum Gasteiger partial charge on any atom is 0.326 e. The Bertz CT molecular complexity index is 264. The number of carbonyl (C=O) groups is 2. The summed E-state index contributed by atoms with van der Waals surface area (Å²) >= 11 is 0. The van der Waals surface area contributed by atoms with Crippen LogP contribution < -0.4 is 5.32 Å². The molecule has 0 aromatic rings. The molecule has 7 nitrogen and oxygen atoms in total. The molecule has 1 unspecified atom stereocenters. The molecular weight excluding hydrogens is 240 g/mol. The molecule has 2 amide bonds. The molecule has 0 fully saturated rings. The number of urea groups is 1. The van der Waals surface area contributed by atoms with Crippen molar-refractivity contribution >= 4 is 12.0 Å². The Balaban J connectivity index is 4.49. The number of carbonyl (C=O) groups excluding carboxylic acids is 1. The number of hydrogen-bond acceptors (Lipinski definition) is 4. The zero-order valence-electron chi connectivity index (χ0n) is 10.8. The predicted octanol–water partition coefficient (Wildman–Crippen LogP) is -0.518. The van der Waals surface area contributed by atoms with Crippen molar-refractivity contribution in [2.45, 2.75) is 26.3 Å². The van der Waals surface area contributed by atoms with E-state index in [0.717, 1.165) is 0 Å². The van der Waals surface area contributed by atoms with Gasteiger partial charge in [0, 0.05) is 13.1 Å². The van der Waals surface area contributed by atoms with Gasteiger partial charge in [-0.1, -0.05) is 13.8 Å². The summed E-state index contributed by atoms with van der Waals surface area (Å²) in [5, 5.41) is 28.9. The van der Waals surface area contributed by atoms with E-state index in [1.807, 2.05) is 13.8 Å². The summed E-state index contributed by atoms with van der Waals surface area (Å²) in [5.74, 6) is -0.958. The summed E-state index contributed by atoms with van der Waals surface area (Å²) in [6.45, 7) is 3.36. The molecule has 0 aliphatic rings. The lowest BCUT2D eigenvalue weighted by Gasteiger charge is -2.24. The third-order valence-corrected chi connectivity index (χ3v) is 2.33. The topological polar surface area (TPSA) is 110 Å². The van der Waals surface area contributed by atoms with Gasteiger partial charge in [0.05, 0.1) is 13.2 Å². The first-order valence-electron chi connectivity index (χ1n) is 5.92. The number of aliphatic hydroxyl groups excluding tert-OH is 2. The van der Waals surface area contributed by atoms with Crippen molar-refractivity contribution in [3.05, 3.63) is 0 Å². The minimum Gasteiger partial charge on any atom is -0.480 e. The second-order valence-corrected chi connectivity index (χ2v) is 4.40. The van der Waals surface area contributed by atoms with Gasteiger partial charge in [-0.2, -0.15) is 0 Å². The van der Waals surface area contributed by atoms with Gasteiger partial charge in [0.25, 0.3) is 0 Å². The molecule has 0 rings (SSSR count). The van der Waals surface area contributed by atoms with Gasteiger partial charge in [-0.25, -0.2) is 9.59 Å². The summed E-state index contributed by atoms with van der Waals surface area (Å²) in [4.78, 5) is 23.9. The smallest absolute Gasteiger partial charge is 0.326 e. The third-order valence-electron chi connectivity index (χ3n) is 2.33. The molecule has 1 atom stereocenters. The number of hydrogen-bond donors (Lipinski definition) is 4. The fourth-order valence-electron chi connectivity index (χ4n) is 1.49. The van der Waals surface area contributed by atoms with E-state index in [9.17, 15) is 9.59 Å². The van der Waals surface area contributed by atoms with Gasteiger partial charge in [0.2, 0.25) is 0 Å². The monoisotopic (exact) mass is 262 g/mol. The molecule has 0 saturated carbocycles. The van der Waals surface area contributed by atoms with E-state index < -0.39 is 18.0 Å². The third kappa shape index (κ3) is 6.41. The molecule has 0 aliphatic heterocycles. The zero-order valence-corrected chi connectivity index (χ0v) is 10.8. The van der Waals surface area contributed by atoms with Crippen LogP contribution in [0, 0.1) is 5.92 Å². The molecule has 0 aromatic heterocycles. The lowest BCUT2D eigenvalue weighted by atomic mass is 10.0. The van der Waals surface area contributed by atoms with Crippen molar-refractivity contribution in [2.75, 3.05) is 26.3 Å². The van der Waals surface area contributed by atoms with Crippen LogP contribution in [-0.2, 0) is 4.79 Å². The maximum atomic E-state index is 11.7. The number of carboxylic acids is 1. The van der Waals surface area contributed by atoms with E-state index in [2.05, 4.69) is 5.32 Å². The van der Waals surface area contributed by atoms with E-state index in [1.54, 1.807) is 0 Å². The highest BCUT2D eigenvalue weighted by molar-refractivity contribution is 5.82. The molecule has 0 aromatic carbocycles. The van der Waals surface area contributed by atoms with Gasteiger partial charge in [0.15, 0.2) is 0 Å². The lowest BCUT2D eigenvalue weighted by molar-refractivity contribution is -0.139. The Morgan fingerprint density at radius 1 is 1.17 bits per heavy atom. The Kier molecular flexibility index (Phi) is 8.06. The van der Waals surface area contributed by atoms with Crippen molar-refractivity contribution < 1.29 is 24.9 Å². The van der Waals surface area contributed by atoms with Crippen molar-refractivity contribution in [3.63, 3.8) is 0 Å². The fourth-order valence-corrected chi connectivity index (χ4v) is 1.49. The van der Waals surface area contributed by atoms with E-state index in [0.29, 0.717) is 6.42 Å². The van der Waals surface area contributed by atoms with E-state index in [1.165, 1.54) is 4.90 Å². The van der Waals surface area contributed by atoms with Crippen LogP contribution in [-0.4, -0.2) is 64.6 Å². The number of aliphatic hydroxyl groups is 2. The first-order valence-corrected chi connectivity index (χ1v) is 5.92. The molecule has 4 N–H and O–H groups in total. The average molecular weight is 262 g/mol. The molecular formula is C11H22N2O5. The maximum absolute atomic E-state index is 11.7. The van der Waals surface area contributed by atoms with Crippen LogP contribution in [0.5, 0.6) is 0 Å². The Morgan fingerprint density at radius 2 is 1.67 bits per heavy atom. The lowest BCUT2D eigenvalue weighted by Crippen LogP contribution is -2.49. The van der Waals surface area contributed by atoms with Crippen molar-refractivity contribution in [3.8, 4) is 0 Å². The standard InChI is InChI=1S/C11H22N2O5/c1-8(2)7-9(10(16)17)12-11(18)13(3-5-14)4-6-15/h8-9,14-15H,3-7H2,1-2H3,(H,12,18)(H,16,17). The van der Waals surface area contributed by atoms with E-state index in [-0.39, 0.29) is 32.2 Å². The number of amides is 2. The summed E-state index contributed by atoms with van der Waals surface area (Å²) in [7, 11) is 0. The minimum atomic E-state index is -1.09. The number of rotatable bonds is 8. The van der Waals surface area contributed by atoms with Gasteiger partial charge >= 0.3 is 12.0 Å². The SMILES string of the molecule is CC(C)CC(NC(=O)N(CCO)CCO)C(=O)O. The van der Waals surface area contributed by atoms with E-state index in [4.69, 9.17) is 15.3 Å². The first-order chi connectivity index (χ1) is 8.42. The number of carboxylic acid groups (broad SMARTS) is 1. The highest BCUT2D eigenvalue weighted by atomic mass is 16.4. The fraction of sp³-hybridized carbons (Fsp3) is 0.818. The number of nitrogens with zero attached hydrogens (tertiary/aromatic N) is 1. The molecule has 0 bridgehead atoms. The summed E-state index contributed by atoms with van der Waals surface area (Å²) < 4.78 is 0. The molecule has 0 heterocycles. The van der Waals surface area contributed by atoms with Crippen LogP contribution in [0.1, 0.15) is 20.3 Å². The van der Waals surface area contributed by atoms with Crippen molar-refractivity contribution in [2.24, 2.45) is 5.92 Å². The minimum absolute atomic E-state index is 0.0560. The predicted molar refractivity (Wildman–Crippen MR) is 65.2 cm³/mol. The average Bonchev–Trinajstić information content (AvgIpc) is 2.27. The first kappa shape index (κ1) is 16.7. The van der Waals surface area contributed by atoms with Crippen LogP contribution in [0.3, 0.4) is 0 Å². The molecule has 106 valence electrons. The van der Waals surface area contributed by atoms with Gasteiger partial charge in [-0.3, -0.25) is 0 Å². The van der Waals surface area contributed by atoms with E-state index >= 15 is 0 Å². The molecule has 0 aliphatic carbocycles. The molecule has 0 radical (unpaired) electrons. The molecule has 0 saturated heterocycles. The van der Waals surface area contributed by atoms with Crippen LogP contribution >= 0.6 is 0 Å². The Labute approximate surface area is 106 Å². The normalized spacial score (nSPS) is 12.3. The second kappa shape index (κ2) is 8.71. The highest BCUT2D eigenvalue weighted by Crippen LogP contribution is 2.05. The van der Waals surface area contributed by atoms with Crippen molar-refractivity contribution in [1.29, 1.82) is 0 Å². The molecule has 7 heteroatoms. The van der Waals surface area contributed by atoms with Crippen LogP contribution in [0.4, 0.5) is 4.79 Å². The summed E-state index contributed by atoms with van der Waals surface area (Å²) in [6.07, 6.45) is 0.327. The molecule has 0 spiro atoms. The van der Waals surface area contributed by atoms with Gasteiger partial charge < -0.3 is 25.5 Å². The zero-order chi connectivity index (χ0) is 14.1. The quantitative estimate of drug-likeness (QED) is 0.470. The largest absolute Gasteiger partial charge is 0.480 e. The number of aliphatic carboxylic acids is 1. The van der Waals surface area contributed by atoms with Crippen molar-refractivity contribution in [1.82, 2.24) is 10.2 Å².